The number of urea groups is 1. The Bertz CT molecular complexity index is 496. The molecule has 0 aliphatic heterocycles. The van der Waals surface area contributed by atoms with E-state index in [-0.39, 0.29) is 18.0 Å². The average Bonchev–Trinajstić information content (AvgIpc) is 2.54. The van der Waals surface area contributed by atoms with E-state index in [9.17, 15) is 9.59 Å². The smallest absolute Gasteiger partial charge is 0.317 e. The lowest BCUT2D eigenvalue weighted by Gasteiger charge is -2.28. The molecule has 0 radical (unpaired) electrons. The number of likely N-dealkylation sites (N-methyl/N-ethyl adjacent to an activating group) is 1. The number of hydrogen-bond acceptors (Lipinski definition) is 2. The lowest BCUT2D eigenvalue weighted by Crippen LogP contribution is -2.45. The first-order valence-corrected chi connectivity index (χ1v) is 7.84. The van der Waals surface area contributed by atoms with E-state index in [0.717, 1.165) is 19.3 Å². The molecule has 0 bridgehead atoms. The number of carboxylic acids is 1. The molecule has 5 nitrogen and oxygen atoms in total. The quantitative estimate of drug-likeness (QED) is 0.878. The summed E-state index contributed by atoms with van der Waals surface area (Å²) in [7, 11) is 1.79. The second kappa shape index (κ2) is 7.82. The van der Waals surface area contributed by atoms with Crippen molar-refractivity contribution in [1.82, 2.24) is 10.2 Å². The Labute approximate surface area is 131 Å². The first-order chi connectivity index (χ1) is 10.6. The van der Waals surface area contributed by atoms with Crippen LogP contribution in [-0.2, 0) is 11.2 Å². The highest BCUT2D eigenvalue weighted by molar-refractivity contribution is 5.74. The molecule has 0 heterocycles. The zero-order chi connectivity index (χ0) is 15.9. The number of carboxylic acid groups (broad SMARTS) is 1. The summed E-state index contributed by atoms with van der Waals surface area (Å²) in [5, 5.41) is 12.0. The molecule has 2 amide bonds. The van der Waals surface area contributed by atoms with Crippen molar-refractivity contribution in [1.29, 1.82) is 0 Å². The van der Waals surface area contributed by atoms with Crippen LogP contribution in [0.3, 0.4) is 0 Å². The zero-order valence-electron chi connectivity index (χ0n) is 13.0. The van der Waals surface area contributed by atoms with Crippen molar-refractivity contribution < 1.29 is 14.7 Å². The number of amides is 2. The van der Waals surface area contributed by atoms with Crippen molar-refractivity contribution >= 4 is 12.0 Å². The van der Waals surface area contributed by atoms with E-state index in [1.165, 1.54) is 5.56 Å². The first-order valence-electron chi connectivity index (χ1n) is 7.84. The fraction of sp³-hybridized carbons (Fsp3) is 0.529. The first kappa shape index (κ1) is 16.3. The summed E-state index contributed by atoms with van der Waals surface area (Å²) in [6.07, 6.45) is 3.61. The summed E-state index contributed by atoms with van der Waals surface area (Å²) in [5.74, 6) is -0.964. The third-order valence-electron chi connectivity index (χ3n) is 4.33. The second-order valence-corrected chi connectivity index (χ2v) is 5.99. The van der Waals surface area contributed by atoms with Crippen molar-refractivity contribution in [2.24, 2.45) is 5.92 Å². The number of rotatable bonds is 5. The van der Waals surface area contributed by atoms with Gasteiger partial charge in [-0.3, -0.25) is 4.79 Å². The molecule has 1 fully saturated rings. The molecule has 0 saturated heterocycles. The number of benzene rings is 1. The summed E-state index contributed by atoms with van der Waals surface area (Å²) in [4.78, 5) is 24.8. The molecule has 120 valence electrons. The maximum atomic E-state index is 12.1. The number of nitrogens with zero attached hydrogens (tertiary/aromatic N) is 1. The molecule has 0 aromatic heterocycles. The van der Waals surface area contributed by atoms with E-state index < -0.39 is 5.97 Å². The third-order valence-corrected chi connectivity index (χ3v) is 4.33. The van der Waals surface area contributed by atoms with Gasteiger partial charge in [-0.05, 0) is 37.7 Å². The Balaban J connectivity index is 1.71. The van der Waals surface area contributed by atoms with Crippen molar-refractivity contribution in [3.63, 3.8) is 0 Å². The zero-order valence-corrected chi connectivity index (χ0v) is 13.0. The highest BCUT2D eigenvalue weighted by atomic mass is 16.4. The minimum absolute atomic E-state index is 0.0743. The molecule has 0 atom stereocenters. The fourth-order valence-electron chi connectivity index (χ4n) is 2.81. The molecule has 2 rings (SSSR count). The van der Waals surface area contributed by atoms with Crippen molar-refractivity contribution in [2.45, 2.75) is 38.1 Å². The van der Waals surface area contributed by atoms with Crippen LogP contribution in [0.25, 0.3) is 0 Å². The maximum Gasteiger partial charge on any atom is 0.317 e. The van der Waals surface area contributed by atoms with Crippen LogP contribution in [-0.4, -0.2) is 41.6 Å². The van der Waals surface area contributed by atoms with Crippen LogP contribution < -0.4 is 5.32 Å². The molecule has 0 spiro atoms. The normalized spacial score (nSPS) is 21.1. The molecular formula is C17H24N2O3. The van der Waals surface area contributed by atoms with Crippen LogP contribution in [0.5, 0.6) is 0 Å². The van der Waals surface area contributed by atoms with Crippen LogP contribution in [0.2, 0.25) is 0 Å². The van der Waals surface area contributed by atoms with Gasteiger partial charge in [0.1, 0.15) is 0 Å². The number of carbonyl (C=O) groups excluding carboxylic acids is 1. The Morgan fingerprint density at radius 3 is 2.41 bits per heavy atom. The van der Waals surface area contributed by atoms with E-state index in [2.05, 4.69) is 17.4 Å². The number of nitrogens with one attached hydrogen (secondary N) is 1. The van der Waals surface area contributed by atoms with Crippen LogP contribution in [0.15, 0.2) is 30.3 Å². The predicted octanol–water partition coefficient (Wildman–Crippen LogP) is 2.51. The van der Waals surface area contributed by atoms with Gasteiger partial charge in [0, 0.05) is 19.6 Å². The van der Waals surface area contributed by atoms with E-state index >= 15 is 0 Å². The van der Waals surface area contributed by atoms with Crippen molar-refractivity contribution in [3.05, 3.63) is 35.9 Å². The predicted molar refractivity (Wildman–Crippen MR) is 84.7 cm³/mol. The van der Waals surface area contributed by atoms with Gasteiger partial charge in [-0.25, -0.2) is 4.79 Å². The van der Waals surface area contributed by atoms with Gasteiger partial charge < -0.3 is 15.3 Å². The van der Waals surface area contributed by atoms with Crippen LogP contribution >= 0.6 is 0 Å². The van der Waals surface area contributed by atoms with Gasteiger partial charge in [0.15, 0.2) is 0 Å². The van der Waals surface area contributed by atoms with E-state index in [1.807, 2.05) is 18.2 Å². The Morgan fingerprint density at radius 1 is 1.18 bits per heavy atom. The summed E-state index contributed by atoms with van der Waals surface area (Å²) in [6, 6.07) is 10.1. The van der Waals surface area contributed by atoms with Gasteiger partial charge >= 0.3 is 12.0 Å². The average molecular weight is 304 g/mol. The topological polar surface area (TPSA) is 69.6 Å². The Hall–Kier alpha value is -2.04. The van der Waals surface area contributed by atoms with E-state index in [0.29, 0.717) is 19.4 Å². The number of aliphatic carboxylic acids is 1. The monoisotopic (exact) mass is 304 g/mol. The Morgan fingerprint density at radius 2 is 1.82 bits per heavy atom. The van der Waals surface area contributed by atoms with Gasteiger partial charge in [-0.2, -0.15) is 0 Å². The molecule has 1 aromatic carbocycles. The van der Waals surface area contributed by atoms with Gasteiger partial charge in [0.05, 0.1) is 5.92 Å². The molecular weight excluding hydrogens is 280 g/mol. The third kappa shape index (κ3) is 4.76. The lowest BCUT2D eigenvalue weighted by atomic mass is 9.86. The van der Waals surface area contributed by atoms with Gasteiger partial charge in [-0.1, -0.05) is 30.3 Å². The van der Waals surface area contributed by atoms with E-state index in [1.54, 1.807) is 11.9 Å². The number of carbonyl (C=O) groups is 2. The van der Waals surface area contributed by atoms with Crippen LogP contribution in [0.1, 0.15) is 31.2 Å². The van der Waals surface area contributed by atoms with Crippen LogP contribution in [0.4, 0.5) is 4.79 Å². The van der Waals surface area contributed by atoms with Crippen LogP contribution in [0, 0.1) is 5.92 Å². The minimum Gasteiger partial charge on any atom is -0.481 e. The summed E-state index contributed by atoms with van der Waals surface area (Å²) in [5.41, 5.74) is 1.21. The summed E-state index contributed by atoms with van der Waals surface area (Å²) in [6.45, 7) is 0.667. The Kier molecular flexibility index (Phi) is 5.81. The highest BCUT2D eigenvalue weighted by Gasteiger charge is 2.27. The van der Waals surface area contributed by atoms with Gasteiger partial charge in [-0.15, -0.1) is 0 Å². The molecule has 1 saturated carbocycles. The van der Waals surface area contributed by atoms with Gasteiger partial charge in [0.25, 0.3) is 0 Å². The van der Waals surface area contributed by atoms with E-state index in [4.69, 9.17) is 5.11 Å². The van der Waals surface area contributed by atoms with Gasteiger partial charge in [0.2, 0.25) is 0 Å². The molecule has 1 aliphatic rings. The lowest BCUT2D eigenvalue weighted by molar-refractivity contribution is -0.142. The molecule has 1 aliphatic carbocycles. The maximum absolute atomic E-state index is 12.1. The molecule has 22 heavy (non-hydrogen) atoms. The minimum atomic E-state index is -0.718. The molecule has 0 unspecified atom stereocenters. The largest absolute Gasteiger partial charge is 0.481 e. The van der Waals surface area contributed by atoms with Crippen molar-refractivity contribution in [3.8, 4) is 0 Å². The second-order valence-electron chi connectivity index (χ2n) is 5.99. The standard InChI is InChI=1S/C17H24N2O3/c1-19(12-11-13-5-3-2-4-6-13)17(22)18-15-9-7-14(8-10-15)16(20)21/h2-6,14-15H,7-12H2,1H3,(H,18,22)(H,20,21). The number of hydrogen-bond donors (Lipinski definition) is 2. The summed E-state index contributed by atoms with van der Waals surface area (Å²) >= 11 is 0. The molecule has 5 heteroatoms. The summed E-state index contributed by atoms with van der Waals surface area (Å²) < 4.78 is 0. The molecule has 2 N–H and O–H groups in total. The van der Waals surface area contributed by atoms with Crippen molar-refractivity contribution in [2.75, 3.05) is 13.6 Å². The highest BCUT2D eigenvalue weighted by Crippen LogP contribution is 2.24. The molecule has 1 aromatic rings. The fourth-order valence-corrected chi connectivity index (χ4v) is 2.81. The SMILES string of the molecule is CN(CCc1ccccc1)C(=O)NC1CCC(C(=O)O)CC1.